The van der Waals surface area contributed by atoms with Gasteiger partial charge >= 0.3 is 5.97 Å². The standard InChI is InChI=1S/C21H24N8O4/c1-11(30)3-8-15(20(32)33)26-19(31)12-4-6-14(7-5-12)29(2)10-13-9-24-18-16(25-13)17(22)27-21(23)28-18/h4-7,9,15H,3,8,10H2,1-2H3,(H,26,31)(H,32,33)(H4,22,23,24,27,28)/t15-/m0/s1/i4+1,5+1,6+1,7+1,12+1,14+1. The van der Waals surface area contributed by atoms with E-state index in [9.17, 15) is 19.5 Å². The third-order valence-electron chi connectivity index (χ3n) is 4.86. The maximum Gasteiger partial charge on any atom is 0.326 e. The summed E-state index contributed by atoms with van der Waals surface area (Å²) in [5.41, 5.74) is 13.8. The number of hydrogen-bond acceptors (Lipinski definition) is 10. The average Bonchev–Trinajstić information content (AvgIpc) is 2.76. The number of carbonyl (C=O) groups excluding carboxylic acids is 2. The molecule has 0 unspecified atom stereocenters. The lowest BCUT2D eigenvalue weighted by Gasteiger charge is -2.19. The summed E-state index contributed by atoms with van der Waals surface area (Å²) in [6.45, 7) is 1.77. The van der Waals surface area contributed by atoms with Crippen molar-refractivity contribution < 1.29 is 19.5 Å². The van der Waals surface area contributed by atoms with Crippen LogP contribution in [0.25, 0.3) is 11.2 Å². The van der Waals surface area contributed by atoms with Gasteiger partial charge in [-0.2, -0.15) is 9.97 Å². The number of carboxylic acid groups (broad SMARTS) is 1. The summed E-state index contributed by atoms with van der Waals surface area (Å²) >= 11 is 0. The number of benzene rings is 1. The van der Waals surface area contributed by atoms with E-state index in [0.29, 0.717) is 29.0 Å². The SMILES string of the molecule is CC(=O)CC[C@H](NC(=O)[13c]1[13cH][13cH][13c](N(C)Cc2cnc3nc(N)nc(N)c3n2)[13cH][13cH]1)C(=O)O. The highest BCUT2D eigenvalue weighted by Crippen LogP contribution is 2.19. The molecule has 12 nitrogen and oxygen atoms in total. The van der Waals surface area contributed by atoms with Gasteiger partial charge in [0.25, 0.3) is 5.91 Å². The van der Waals surface area contributed by atoms with Crippen LogP contribution in [-0.2, 0) is 16.1 Å². The number of rotatable bonds is 9. The lowest BCUT2D eigenvalue weighted by atomic mass is 10.1. The molecular weight excluding hydrogens is 434 g/mol. The van der Waals surface area contributed by atoms with Crippen LogP contribution in [0.15, 0.2) is 30.5 Å². The van der Waals surface area contributed by atoms with E-state index in [1.54, 1.807) is 30.5 Å². The molecule has 1 aromatic carbocycles. The Morgan fingerprint density at radius 2 is 1.82 bits per heavy atom. The Kier molecular flexibility index (Phi) is 6.96. The minimum absolute atomic E-state index is 0.0248. The van der Waals surface area contributed by atoms with E-state index in [-0.39, 0.29) is 30.4 Å². The number of hydrogen-bond donors (Lipinski definition) is 4. The molecule has 0 radical (unpaired) electrons. The van der Waals surface area contributed by atoms with Gasteiger partial charge in [-0.05, 0) is 37.6 Å². The second-order valence-corrected chi connectivity index (χ2v) is 7.51. The van der Waals surface area contributed by atoms with Crippen molar-refractivity contribution in [3.8, 4) is 0 Å². The van der Waals surface area contributed by atoms with E-state index in [4.69, 9.17) is 11.5 Å². The summed E-state index contributed by atoms with van der Waals surface area (Å²) in [6.07, 6.45) is 1.68. The summed E-state index contributed by atoms with van der Waals surface area (Å²) in [5.74, 6) is -1.69. The fourth-order valence-electron chi connectivity index (χ4n) is 3.11. The van der Waals surface area contributed by atoms with Crippen LogP contribution >= 0.6 is 0 Å². The van der Waals surface area contributed by atoms with Gasteiger partial charge in [-0.3, -0.25) is 4.79 Å². The first-order valence-corrected chi connectivity index (χ1v) is 10.0. The molecule has 0 aliphatic heterocycles. The molecule has 2 aromatic heterocycles. The van der Waals surface area contributed by atoms with Crippen LogP contribution in [0.5, 0.6) is 0 Å². The number of Topliss-reactive ketones (excluding diaryl/α,β-unsaturated/α-hetero) is 1. The fraction of sp³-hybridized carbons (Fsp3) is 0.286. The number of nitrogen functional groups attached to an aromatic ring is 2. The molecule has 172 valence electrons. The first-order chi connectivity index (χ1) is 15.6. The predicted octanol–water partition coefficient (Wildman–Crippen LogP) is 0.773. The monoisotopic (exact) mass is 458 g/mol. The highest BCUT2D eigenvalue weighted by atomic mass is 16.4. The molecule has 2 heterocycles. The number of anilines is 3. The summed E-state index contributed by atoms with van der Waals surface area (Å²) in [4.78, 5) is 53.4. The topological polar surface area (TPSA) is 190 Å². The van der Waals surface area contributed by atoms with E-state index >= 15 is 0 Å². The van der Waals surface area contributed by atoms with Gasteiger partial charge in [0.15, 0.2) is 17.0 Å². The molecular formula is C21H24N8O4. The highest BCUT2D eigenvalue weighted by molar-refractivity contribution is 5.97. The minimum Gasteiger partial charge on any atom is -0.480 e. The fourth-order valence-corrected chi connectivity index (χ4v) is 3.11. The normalized spacial score (nSPS) is 11.7. The van der Waals surface area contributed by atoms with E-state index in [0.717, 1.165) is 5.69 Å². The van der Waals surface area contributed by atoms with Crippen LogP contribution in [0.3, 0.4) is 0 Å². The van der Waals surface area contributed by atoms with Gasteiger partial charge in [-0.15, -0.1) is 0 Å². The Labute approximate surface area is 189 Å². The van der Waals surface area contributed by atoms with E-state index < -0.39 is 17.9 Å². The number of aromatic nitrogens is 4. The second kappa shape index (κ2) is 9.85. The Hall–Kier alpha value is -4.35. The van der Waals surface area contributed by atoms with Crippen LogP contribution in [-0.4, -0.2) is 55.8 Å². The van der Waals surface area contributed by atoms with Crippen LogP contribution in [0.1, 0.15) is 35.8 Å². The highest BCUT2D eigenvalue weighted by Gasteiger charge is 2.21. The minimum atomic E-state index is -1.19. The number of nitrogens with two attached hydrogens (primary N) is 2. The van der Waals surface area contributed by atoms with Gasteiger partial charge in [-0.1, -0.05) is 0 Å². The molecule has 0 bridgehead atoms. The zero-order chi connectivity index (χ0) is 24.1. The van der Waals surface area contributed by atoms with Crippen LogP contribution in [0.4, 0.5) is 17.5 Å². The molecule has 0 aliphatic carbocycles. The summed E-state index contributed by atoms with van der Waals surface area (Å²) in [6, 6.07) is 5.50. The molecule has 0 fully saturated rings. The molecule has 0 spiro atoms. The van der Waals surface area contributed by atoms with Crippen LogP contribution in [0.2, 0.25) is 0 Å². The van der Waals surface area contributed by atoms with Crippen LogP contribution < -0.4 is 21.7 Å². The van der Waals surface area contributed by atoms with E-state index in [1.165, 1.54) is 6.92 Å². The van der Waals surface area contributed by atoms with Crippen LogP contribution in [0, 0.1) is 0 Å². The van der Waals surface area contributed by atoms with Gasteiger partial charge in [0.05, 0.1) is 18.4 Å². The summed E-state index contributed by atoms with van der Waals surface area (Å²) in [7, 11) is 1.84. The molecule has 0 saturated heterocycles. The van der Waals surface area contributed by atoms with E-state index in [1.807, 2.05) is 11.9 Å². The lowest BCUT2D eigenvalue weighted by Crippen LogP contribution is -2.41. The Morgan fingerprint density at radius 1 is 1.12 bits per heavy atom. The van der Waals surface area contributed by atoms with Gasteiger partial charge < -0.3 is 31.6 Å². The number of amides is 1. The molecule has 3 aromatic rings. The van der Waals surface area contributed by atoms with Crippen molar-refractivity contribution in [3.05, 3.63) is 41.7 Å². The average molecular weight is 458 g/mol. The smallest absolute Gasteiger partial charge is 0.326 e. The molecule has 0 saturated carbocycles. The van der Waals surface area contributed by atoms with Gasteiger partial charge in [0.2, 0.25) is 5.95 Å². The molecule has 33 heavy (non-hydrogen) atoms. The molecule has 12 heteroatoms. The molecule has 1 amide bonds. The maximum absolute atomic E-state index is 12.4. The van der Waals surface area contributed by atoms with Crippen molar-refractivity contribution in [1.29, 1.82) is 0 Å². The predicted molar refractivity (Wildman–Crippen MR) is 121 cm³/mol. The Bertz CT molecular complexity index is 1200. The number of nitrogens with one attached hydrogen (secondary N) is 1. The van der Waals surface area contributed by atoms with Gasteiger partial charge in [-0.25, -0.2) is 14.8 Å². The Morgan fingerprint density at radius 3 is 2.45 bits per heavy atom. The third-order valence-corrected chi connectivity index (χ3v) is 4.86. The van der Waals surface area contributed by atoms with Crippen molar-refractivity contribution in [1.82, 2.24) is 25.3 Å². The third kappa shape index (κ3) is 5.87. The second-order valence-electron chi connectivity index (χ2n) is 7.51. The van der Waals surface area contributed by atoms with Crippen molar-refractivity contribution in [2.45, 2.75) is 32.4 Å². The molecule has 1 atom stereocenters. The van der Waals surface area contributed by atoms with Crippen molar-refractivity contribution in [2.75, 3.05) is 23.4 Å². The Balaban J connectivity index is 1.67. The maximum atomic E-state index is 12.4. The first kappa shape index (κ1) is 23.3. The quantitative estimate of drug-likeness (QED) is 0.354. The summed E-state index contributed by atoms with van der Waals surface area (Å²) < 4.78 is 0. The van der Waals surface area contributed by atoms with Crippen molar-refractivity contribution >= 4 is 46.3 Å². The van der Waals surface area contributed by atoms with Gasteiger partial charge in [0.1, 0.15) is 11.8 Å². The number of fused-ring (bicyclic) bond motifs is 1. The van der Waals surface area contributed by atoms with Crippen molar-refractivity contribution in [2.24, 2.45) is 0 Å². The zero-order valence-electron chi connectivity index (χ0n) is 18.1. The number of nitrogens with zero attached hydrogens (tertiary/aromatic N) is 5. The largest absolute Gasteiger partial charge is 0.480 e. The number of aliphatic carboxylic acids is 1. The number of ketones is 1. The first-order valence-electron chi connectivity index (χ1n) is 10.0. The molecule has 3 rings (SSSR count). The number of carboxylic acids is 1. The zero-order valence-corrected chi connectivity index (χ0v) is 18.1. The molecule has 6 N–H and O–H groups in total. The van der Waals surface area contributed by atoms with Gasteiger partial charge in [0, 0.05) is 24.7 Å². The lowest BCUT2D eigenvalue weighted by molar-refractivity contribution is -0.139. The van der Waals surface area contributed by atoms with E-state index in [2.05, 4.69) is 25.3 Å². The van der Waals surface area contributed by atoms with Crippen molar-refractivity contribution in [3.63, 3.8) is 0 Å². The molecule has 0 aliphatic rings. The summed E-state index contributed by atoms with van der Waals surface area (Å²) in [5, 5.41) is 11.7. The number of carbonyl (C=O) groups is 3.